The minimum atomic E-state index is -0.393. The van der Waals surface area contributed by atoms with E-state index in [4.69, 9.17) is 5.26 Å². The van der Waals surface area contributed by atoms with Gasteiger partial charge in [0.15, 0.2) is 0 Å². The number of nitrogens with zero attached hydrogens (tertiary/aromatic N) is 1. The Labute approximate surface area is 115 Å². The molecule has 1 aromatic rings. The predicted octanol–water partition coefficient (Wildman–Crippen LogP) is 3.43. The number of nitriles is 1. The van der Waals surface area contributed by atoms with Gasteiger partial charge < -0.3 is 5.32 Å². The van der Waals surface area contributed by atoms with Crippen LogP contribution < -0.4 is 5.32 Å². The van der Waals surface area contributed by atoms with E-state index in [0.717, 1.165) is 17.9 Å². The van der Waals surface area contributed by atoms with Gasteiger partial charge in [-0.3, -0.25) is 0 Å². The standard InChI is InChI=1S/C15H22N2S/c1-12-7-13(2)9-14(8-12)10-18-6-5-15(3,11-16)17-4/h7-9,17H,5-6,10H2,1-4H3. The summed E-state index contributed by atoms with van der Waals surface area (Å²) in [7, 11) is 1.85. The van der Waals surface area contributed by atoms with E-state index in [0.29, 0.717) is 0 Å². The van der Waals surface area contributed by atoms with Crippen molar-refractivity contribution in [3.8, 4) is 6.07 Å². The van der Waals surface area contributed by atoms with Crippen molar-refractivity contribution in [2.24, 2.45) is 0 Å². The number of rotatable bonds is 6. The molecule has 0 aliphatic rings. The second-order valence-corrected chi connectivity index (χ2v) is 6.10. The van der Waals surface area contributed by atoms with Gasteiger partial charge in [-0.05, 0) is 45.6 Å². The van der Waals surface area contributed by atoms with Crippen molar-refractivity contribution in [2.45, 2.75) is 38.5 Å². The van der Waals surface area contributed by atoms with Gasteiger partial charge in [0.2, 0.25) is 0 Å². The molecule has 0 radical (unpaired) electrons. The molecule has 0 aliphatic heterocycles. The summed E-state index contributed by atoms with van der Waals surface area (Å²) in [6, 6.07) is 8.99. The molecule has 2 nitrogen and oxygen atoms in total. The van der Waals surface area contributed by atoms with Crippen molar-refractivity contribution in [2.75, 3.05) is 12.8 Å². The van der Waals surface area contributed by atoms with Gasteiger partial charge in [-0.1, -0.05) is 29.3 Å². The lowest BCUT2D eigenvalue weighted by Crippen LogP contribution is -2.38. The highest BCUT2D eigenvalue weighted by molar-refractivity contribution is 7.98. The average Bonchev–Trinajstić information content (AvgIpc) is 2.33. The van der Waals surface area contributed by atoms with E-state index in [1.54, 1.807) is 0 Å². The Balaban J connectivity index is 2.41. The zero-order valence-corrected chi connectivity index (χ0v) is 12.5. The summed E-state index contributed by atoms with van der Waals surface area (Å²) < 4.78 is 0. The summed E-state index contributed by atoms with van der Waals surface area (Å²) in [6.45, 7) is 6.22. The molecule has 0 spiro atoms. The fourth-order valence-electron chi connectivity index (χ4n) is 1.86. The molecule has 1 aromatic carbocycles. The van der Waals surface area contributed by atoms with E-state index >= 15 is 0 Å². The first-order valence-corrected chi connectivity index (χ1v) is 7.39. The molecule has 18 heavy (non-hydrogen) atoms. The molecule has 0 aromatic heterocycles. The highest BCUT2D eigenvalue weighted by Gasteiger charge is 2.19. The molecule has 1 unspecified atom stereocenters. The Bertz CT molecular complexity index is 416. The van der Waals surface area contributed by atoms with Gasteiger partial charge in [0.1, 0.15) is 5.54 Å². The van der Waals surface area contributed by atoms with E-state index in [9.17, 15) is 0 Å². The molecule has 98 valence electrons. The van der Waals surface area contributed by atoms with Crippen LogP contribution in [-0.4, -0.2) is 18.3 Å². The molecular formula is C15H22N2S. The molecule has 1 N–H and O–H groups in total. The highest BCUT2D eigenvalue weighted by Crippen LogP contribution is 2.19. The van der Waals surface area contributed by atoms with Crippen molar-refractivity contribution >= 4 is 11.8 Å². The second kappa shape index (κ2) is 6.82. The average molecular weight is 262 g/mol. The van der Waals surface area contributed by atoms with E-state index < -0.39 is 5.54 Å². The molecule has 0 amide bonds. The van der Waals surface area contributed by atoms with E-state index in [1.165, 1.54) is 16.7 Å². The Morgan fingerprint density at radius 3 is 2.39 bits per heavy atom. The van der Waals surface area contributed by atoms with Crippen LogP contribution in [0.25, 0.3) is 0 Å². The largest absolute Gasteiger partial charge is 0.303 e. The number of hydrogen-bond donors (Lipinski definition) is 1. The molecule has 0 heterocycles. The normalized spacial score (nSPS) is 13.9. The lowest BCUT2D eigenvalue weighted by molar-refractivity contribution is 0.479. The van der Waals surface area contributed by atoms with Crippen LogP contribution in [0.15, 0.2) is 18.2 Å². The third kappa shape index (κ3) is 4.72. The summed E-state index contributed by atoms with van der Waals surface area (Å²) in [4.78, 5) is 0. The Kier molecular flexibility index (Phi) is 5.71. The Hall–Kier alpha value is -0.980. The number of nitrogens with one attached hydrogen (secondary N) is 1. The molecule has 3 heteroatoms. The van der Waals surface area contributed by atoms with Crippen LogP contribution in [-0.2, 0) is 5.75 Å². The monoisotopic (exact) mass is 262 g/mol. The third-order valence-corrected chi connectivity index (χ3v) is 4.13. The van der Waals surface area contributed by atoms with Crippen LogP contribution in [0, 0.1) is 25.2 Å². The van der Waals surface area contributed by atoms with Crippen molar-refractivity contribution in [3.63, 3.8) is 0 Å². The second-order valence-electron chi connectivity index (χ2n) is 4.99. The van der Waals surface area contributed by atoms with Crippen molar-refractivity contribution in [1.29, 1.82) is 5.26 Å². The van der Waals surface area contributed by atoms with Crippen molar-refractivity contribution in [3.05, 3.63) is 34.9 Å². The van der Waals surface area contributed by atoms with Crippen molar-refractivity contribution in [1.82, 2.24) is 5.32 Å². The van der Waals surface area contributed by atoms with E-state index in [2.05, 4.69) is 43.4 Å². The molecule has 0 aliphatic carbocycles. The molecule has 0 saturated heterocycles. The third-order valence-electron chi connectivity index (χ3n) is 3.10. The first kappa shape index (κ1) is 15.1. The Morgan fingerprint density at radius 1 is 1.28 bits per heavy atom. The molecule has 0 bridgehead atoms. The fraction of sp³-hybridized carbons (Fsp3) is 0.533. The molecule has 0 fully saturated rings. The number of hydrogen-bond acceptors (Lipinski definition) is 3. The first-order chi connectivity index (χ1) is 8.49. The fourth-order valence-corrected chi connectivity index (χ4v) is 2.95. The smallest absolute Gasteiger partial charge is 0.104 e. The van der Waals surface area contributed by atoms with Crippen LogP contribution in [0.2, 0.25) is 0 Å². The van der Waals surface area contributed by atoms with Gasteiger partial charge in [0, 0.05) is 5.75 Å². The first-order valence-electron chi connectivity index (χ1n) is 6.24. The van der Waals surface area contributed by atoms with Crippen molar-refractivity contribution < 1.29 is 0 Å². The van der Waals surface area contributed by atoms with Gasteiger partial charge in [-0.15, -0.1) is 0 Å². The zero-order chi connectivity index (χ0) is 13.6. The van der Waals surface area contributed by atoms with Gasteiger partial charge in [-0.2, -0.15) is 17.0 Å². The molecular weight excluding hydrogens is 240 g/mol. The lowest BCUT2D eigenvalue weighted by Gasteiger charge is -2.20. The predicted molar refractivity (Wildman–Crippen MR) is 79.8 cm³/mol. The quantitative estimate of drug-likeness (QED) is 0.798. The molecule has 1 rings (SSSR count). The topological polar surface area (TPSA) is 35.8 Å². The highest BCUT2D eigenvalue weighted by atomic mass is 32.2. The molecule has 1 atom stereocenters. The summed E-state index contributed by atoms with van der Waals surface area (Å²) in [5.74, 6) is 2.02. The minimum absolute atomic E-state index is 0.393. The van der Waals surface area contributed by atoms with Gasteiger partial charge in [0.25, 0.3) is 0 Å². The Morgan fingerprint density at radius 2 is 1.89 bits per heavy atom. The summed E-state index contributed by atoms with van der Waals surface area (Å²) in [5, 5.41) is 12.1. The van der Waals surface area contributed by atoms with Crippen LogP contribution in [0.4, 0.5) is 0 Å². The number of benzene rings is 1. The van der Waals surface area contributed by atoms with E-state index in [1.807, 2.05) is 25.7 Å². The minimum Gasteiger partial charge on any atom is -0.303 e. The lowest BCUT2D eigenvalue weighted by atomic mass is 10.0. The zero-order valence-electron chi connectivity index (χ0n) is 11.7. The maximum atomic E-state index is 9.05. The maximum Gasteiger partial charge on any atom is 0.104 e. The van der Waals surface area contributed by atoms with Crippen LogP contribution in [0.5, 0.6) is 0 Å². The summed E-state index contributed by atoms with van der Waals surface area (Å²) in [6.07, 6.45) is 0.871. The van der Waals surface area contributed by atoms with Crippen LogP contribution in [0.3, 0.4) is 0 Å². The van der Waals surface area contributed by atoms with Gasteiger partial charge in [-0.25, -0.2) is 0 Å². The van der Waals surface area contributed by atoms with Crippen LogP contribution in [0.1, 0.15) is 30.0 Å². The van der Waals surface area contributed by atoms with Gasteiger partial charge in [0.05, 0.1) is 6.07 Å². The van der Waals surface area contributed by atoms with Gasteiger partial charge >= 0.3 is 0 Å². The SMILES string of the molecule is CNC(C)(C#N)CCSCc1cc(C)cc(C)c1. The van der Waals surface area contributed by atoms with E-state index in [-0.39, 0.29) is 0 Å². The number of aryl methyl sites for hydroxylation is 2. The molecule has 0 saturated carbocycles. The number of thioether (sulfide) groups is 1. The summed E-state index contributed by atoms with van der Waals surface area (Å²) in [5.41, 5.74) is 3.63. The van der Waals surface area contributed by atoms with Crippen LogP contribution >= 0.6 is 11.8 Å². The summed E-state index contributed by atoms with van der Waals surface area (Å²) >= 11 is 1.89. The maximum absolute atomic E-state index is 9.05.